The maximum atomic E-state index is 9.92. The third-order valence-corrected chi connectivity index (χ3v) is 2.80. The van der Waals surface area contributed by atoms with Crippen LogP contribution in [0.5, 0.6) is 0 Å². The van der Waals surface area contributed by atoms with Crippen molar-refractivity contribution in [1.82, 2.24) is 0 Å². The predicted octanol–water partition coefficient (Wildman–Crippen LogP) is 0.806. The van der Waals surface area contributed by atoms with Crippen LogP contribution in [-0.2, 0) is 0 Å². The third-order valence-electron chi connectivity index (χ3n) is 2.80. The SMILES string of the molecule is Cc1ccc2c(c1)[C@@H](O)[C@@H](N)CN2C. The van der Waals surface area contributed by atoms with Crippen LogP contribution in [0.2, 0.25) is 0 Å². The molecule has 3 heteroatoms. The number of hydrogen-bond acceptors (Lipinski definition) is 3. The number of aliphatic hydroxyl groups is 1. The third kappa shape index (κ3) is 1.38. The van der Waals surface area contributed by atoms with Crippen molar-refractivity contribution in [1.29, 1.82) is 0 Å². The monoisotopic (exact) mass is 192 g/mol. The molecular formula is C11H16N2O. The van der Waals surface area contributed by atoms with Crippen LogP contribution in [0.3, 0.4) is 0 Å². The molecule has 2 atom stereocenters. The summed E-state index contributed by atoms with van der Waals surface area (Å²) in [5.41, 5.74) is 9.04. The maximum Gasteiger partial charge on any atom is 0.0978 e. The van der Waals surface area contributed by atoms with Crippen molar-refractivity contribution in [2.75, 3.05) is 18.5 Å². The lowest BCUT2D eigenvalue weighted by atomic mass is 9.94. The number of likely N-dealkylation sites (N-methyl/N-ethyl adjacent to an activating group) is 1. The largest absolute Gasteiger partial charge is 0.387 e. The van der Waals surface area contributed by atoms with Gasteiger partial charge < -0.3 is 15.7 Å². The molecule has 14 heavy (non-hydrogen) atoms. The van der Waals surface area contributed by atoms with E-state index in [9.17, 15) is 5.11 Å². The van der Waals surface area contributed by atoms with E-state index in [0.717, 1.165) is 16.8 Å². The quantitative estimate of drug-likeness (QED) is 0.639. The van der Waals surface area contributed by atoms with Crippen molar-refractivity contribution in [3.63, 3.8) is 0 Å². The number of benzene rings is 1. The van der Waals surface area contributed by atoms with E-state index in [1.807, 2.05) is 26.1 Å². The van der Waals surface area contributed by atoms with E-state index in [2.05, 4.69) is 11.0 Å². The zero-order chi connectivity index (χ0) is 10.3. The number of nitrogens with two attached hydrogens (primary N) is 1. The van der Waals surface area contributed by atoms with E-state index in [1.165, 1.54) is 0 Å². The molecule has 3 N–H and O–H groups in total. The molecule has 0 saturated heterocycles. The number of anilines is 1. The van der Waals surface area contributed by atoms with E-state index in [4.69, 9.17) is 5.73 Å². The molecule has 1 heterocycles. The number of nitrogens with zero attached hydrogens (tertiary/aromatic N) is 1. The van der Waals surface area contributed by atoms with Crippen LogP contribution < -0.4 is 10.6 Å². The van der Waals surface area contributed by atoms with Gasteiger partial charge in [-0.1, -0.05) is 17.7 Å². The van der Waals surface area contributed by atoms with Crippen LogP contribution in [0, 0.1) is 6.92 Å². The summed E-state index contributed by atoms with van der Waals surface area (Å²) in [6, 6.07) is 5.92. The average molecular weight is 192 g/mol. The fraction of sp³-hybridized carbons (Fsp3) is 0.455. The summed E-state index contributed by atoms with van der Waals surface area (Å²) in [6.45, 7) is 2.73. The van der Waals surface area contributed by atoms with Crippen molar-refractivity contribution < 1.29 is 5.11 Å². The maximum absolute atomic E-state index is 9.92. The van der Waals surface area contributed by atoms with Crippen LogP contribution in [0.1, 0.15) is 17.2 Å². The second-order valence-electron chi connectivity index (χ2n) is 4.05. The molecule has 1 aliphatic rings. The number of rotatable bonds is 0. The van der Waals surface area contributed by atoms with Gasteiger partial charge in [-0.3, -0.25) is 0 Å². The summed E-state index contributed by atoms with van der Waals surface area (Å²) in [6.07, 6.45) is -0.527. The molecule has 0 saturated carbocycles. The minimum absolute atomic E-state index is 0.186. The van der Waals surface area contributed by atoms with Crippen molar-refractivity contribution in [2.24, 2.45) is 5.73 Å². The Hall–Kier alpha value is -1.06. The van der Waals surface area contributed by atoms with Gasteiger partial charge in [0, 0.05) is 24.8 Å². The number of aryl methyl sites for hydroxylation is 1. The molecule has 76 valence electrons. The van der Waals surface area contributed by atoms with E-state index < -0.39 is 6.10 Å². The van der Waals surface area contributed by atoms with E-state index >= 15 is 0 Å². The summed E-state index contributed by atoms with van der Waals surface area (Å²) in [4.78, 5) is 2.09. The Morgan fingerprint density at radius 1 is 1.50 bits per heavy atom. The summed E-state index contributed by atoms with van der Waals surface area (Å²) < 4.78 is 0. The molecule has 0 fully saturated rings. The Kier molecular flexibility index (Phi) is 2.21. The first-order chi connectivity index (χ1) is 6.59. The molecule has 0 radical (unpaired) electrons. The lowest BCUT2D eigenvalue weighted by Crippen LogP contribution is -2.44. The van der Waals surface area contributed by atoms with Gasteiger partial charge in [-0.15, -0.1) is 0 Å². The second-order valence-corrected chi connectivity index (χ2v) is 4.05. The molecule has 0 unspecified atom stereocenters. The minimum Gasteiger partial charge on any atom is -0.387 e. The molecule has 0 aromatic heterocycles. The highest BCUT2D eigenvalue weighted by Crippen LogP contribution is 2.32. The molecule has 2 rings (SSSR count). The number of hydrogen-bond donors (Lipinski definition) is 2. The van der Waals surface area contributed by atoms with Gasteiger partial charge in [0.25, 0.3) is 0 Å². The summed E-state index contributed by atoms with van der Waals surface area (Å²) in [5, 5.41) is 9.92. The van der Waals surface area contributed by atoms with Crippen LogP contribution in [0.15, 0.2) is 18.2 Å². The van der Waals surface area contributed by atoms with Crippen LogP contribution in [0.4, 0.5) is 5.69 Å². The first-order valence-electron chi connectivity index (χ1n) is 4.85. The molecule has 0 amide bonds. The van der Waals surface area contributed by atoms with Crippen molar-refractivity contribution >= 4 is 5.69 Å². The highest BCUT2D eigenvalue weighted by Gasteiger charge is 2.27. The van der Waals surface area contributed by atoms with Gasteiger partial charge in [-0.2, -0.15) is 0 Å². The normalized spacial score (nSPS) is 26.1. The predicted molar refractivity (Wildman–Crippen MR) is 57.4 cm³/mol. The molecule has 0 spiro atoms. The topological polar surface area (TPSA) is 49.5 Å². The highest BCUT2D eigenvalue weighted by molar-refractivity contribution is 5.58. The van der Waals surface area contributed by atoms with Gasteiger partial charge in [-0.05, 0) is 13.0 Å². The molecule has 1 aromatic carbocycles. The van der Waals surface area contributed by atoms with Crippen LogP contribution in [-0.4, -0.2) is 24.7 Å². The smallest absolute Gasteiger partial charge is 0.0978 e. The first-order valence-corrected chi connectivity index (χ1v) is 4.85. The Labute approximate surface area is 84.1 Å². The fourth-order valence-corrected chi connectivity index (χ4v) is 2.00. The number of aliphatic hydroxyl groups excluding tert-OH is 1. The lowest BCUT2D eigenvalue weighted by Gasteiger charge is -2.35. The van der Waals surface area contributed by atoms with Gasteiger partial charge in [0.15, 0.2) is 0 Å². The van der Waals surface area contributed by atoms with Gasteiger partial charge in [-0.25, -0.2) is 0 Å². The fourth-order valence-electron chi connectivity index (χ4n) is 2.00. The molecule has 1 aliphatic heterocycles. The summed E-state index contributed by atoms with van der Waals surface area (Å²) in [5.74, 6) is 0. The average Bonchev–Trinajstić information content (AvgIpc) is 2.14. The zero-order valence-corrected chi connectivity index (χ0v) is 8.57. The Bertz CT molecular complexity index is 351. The van der Waals surface area contributed by atoms with E-state index in [0.29, 0.717) is 6.54 Å². The Morgan fingerprint density at radius 2 is 2.21 bits per heavy atom. The summed E-state index contributed by atoms with van der Waals surface area (Å²) in [7, 11) is 2.00. The van der Waals surface area contributed by atoms with Gasteiger partial charge in [0.05, 0.1) is 12.1 Å². The second kappa shape index (κ2) is 3.26. The minimum atomic E-state index is -0.527. The molecule has 1 aromatic rings. The van der Waals surface area contributed by atoms with Gasteiger partial charge >= 0.3 is 0 Å². The first kappa shape index (κ1) is 9.49. The van der Waals surface area contributed by atoms with Gasteiger partial charge in [0.1, 0.15) is 0 Å². The Morgan fingerprint density at radius 3 is 2.93 bits per heavy atom. The Balaban J connectivity index is 2.51. The van der Waals surface area contributed by atoms with Crippen LogP contribution in [0.25, 0.3) is 0 Å². The summed E-state index contributed by atoms with van der Waals surface area (Å²) >= 11 is 0. The van der Waals surface area contributed by atoms with Gasteiger partial charge in [0.2, 0.25) is 0 Å². The van der Waals surface area contributed by atoms with E-state index in [-0.39, 0.29) is 6.04 Å². The highest BCUT2D eigenvalue weighted by atomic mass is 16.3. The van der Waals surface area contributed by atoms with Crippen LogP contribution >= 0.6 is 0 Å². The van der Waals surface area contributed by atoms with Crippen molar-refractivity contribution in [2.45, 2.75) is 19.1 Å². The molecular weight excluding hydrogens is 176 g/mol. The molecule has 0 aliphatic carbocycles. The van der Waals surface area contributed by atoms with E-state index in [1.54, 1.807) is 0 Å². The zero-order valence-electron chi connectivity index (χ0n) is 8.57. The standard InChI is InChI=1S/C11H16N2O/c1-7-3-4-10-8(5-7)11(14)9(12)6-13(10)2/h3-5,9,11,14H,6,12H2,1-2H3/t9-,11+/m0/s1. The number of fused-ring (bicyclic) bond motifs is 1. The molecule has 0 bridgehead atoms. The van der Waals surface area contributed by atoms with Crippen molar-refractivity contribution in [3.8, 4) is 0 Å². The van der Waals surface area contributed by atoms with Crippen molar-refractivity contribution in [3.05, 3.63) is 29.3 Å². The lowest BCUT2D eigenvalue weighted by molar-refractivity contribution is 0.143. The molecule has 3 nitrogen and oxygen atoms in total.